The van der Waals surface area contributed by atoms with E-state index in [9.17, 15) is 0 Å². The number of hydrogen-bond acceptors (Lipinski definition) is 2. The first-order chi connectivity index (χ1) is 6.86. The zero-order valence-electron chi connectivity index (χ0n) is 9.08. The monoisotopic (exact) mass is 197 g/mol. The second-order valence-electron chi connectivity index (χ2n) is 5.04. The average Bonchev–Trinajstić information content (AvgIpc) is 3.03. The third-order valence-corrected chi connectivity index (χ3v) is 3.62. The van der Waals surface area contributed by atoms with Gasteiger partial charge in [-0.05, 0) is 37.5 Å². The lowest BCUT2D eigenvalue weighted by Gasteiger charge is -2.27. The van der Waals surface area contributed by atoms with Gasteiger partial charge in [-0.15, -0.1) is 0 Å². The fourth-order valence-electron chi connectivity index (χ4n) is 2.35. The largest absolute Gasteiger partial charge is 0.380 e. The van der Waals surface area contributed by atoms with Gasteiger partial charge in [0.25, 0.3) is 0 Å². The van der Waals surface area contributed by atoms with Crippen LogP contribution in [0.4, 0.5) is 0 Å². The molecular weight excluding hydrogens is 174 g/mol. The summed E-state index contributed by atoms with van der Waals surface area (Å²) in [5.74, 6) is 1.61. The van der Waals surface area contributed by atoms with Gasteiger partial charge in [0.05, 0.1) is 6.61 Å². The maximum Gasteiger partial charge on any atom is 0.0620 e. The first-order valence-corrected chi connectivity index (χ1v) is 6.19. The average molecular weight is 197 g/mol. The van der Waals surface area contributed by atoms with Crippen LogP contribution in [0.25, 0.3) is 0 Å². The van der Waals surface area contributed by atoms with Crippen LogP contribution < -0.4 is 5.73 Å². The molecule has 0 bridgehead atoms. The lowest BCUT2D eigenvalue weighted by molar-refractivity contribution is 0.0902. The van der Waals surface area contributed by atoms with Gasteiger partial charge in [0.2, 0.25) is 0 Å². The molecule has 2 fully saturated rings. The van der Waals surface area contributed by atoms with Gasteiger partial charge in [-0.3, -0.25) is 0 Å². The quantitative estimate of drug-likeness (QED) is 0.734. The zero-order chi connectivity index (χ0) is 9.80. The van der Waals surface area contributed by atoms with Crippen molar-refractivity contribution in [2.24, 2.45) is 17.6 Å². The molecule has 0 radical (unpaired) electrons. The van der Waals surface area contributed by atoms with Crippen molar-refractivity contribution in [2.75, 3.05) is 13.2 Å². The van der Waals surface area contributed by atoms with Gasteiger partial charge in [0.1, 0.15) is 0 Å². The van der Waals surface area contributed by atoms with Crippen LogP contribution in [-0.2, 0) is 4.74 Å². The molecule has 1 unspecified atom stereocenters. The maximum absolute atomic E-state index is 6.13. The van der Waals surface area contributed by atoms with E-state index in [2.05, 4.69) is 0 Å². The van der Waals surface area contributed by atoms with E-state index in [-0.39, 0.29) is 0 Å². The van der Waals surface area contributed by atoms with E-state index in [4.69, 9.17) is 10.5 Å². The van der Waals surface area contributed by atoms with Crippen molar-refractivity contribution in [2.45, 2.75) is 51.0 Å². The van der Waals surface area contributed by atoms with Crippen molar-refractivity contribution < 1.29 is 4.74 Å². The second-order valence-corrected chi connectivity index (χ2v) is 5.04. The third kappa shape index (κ3) is 3.25. The molecule has 82 valence electrons. The summed E-state index contributed by atoms with van der Waals surface area (Å²) in [6.45, 7) is 1.75. The predicted molar refractivity (Wildman–Crippen MR) is 58.1 cm³/mol. The topological polar surface area (TPSA) is 35.2 Å². The molecule has 2 aliphatic rings. The Balaban J connectivity index is 1.57. The molecular formula is C12H23NO. The summed E-state index contributed by atoms with van der Waals surface area (Å²) in [4.78, 5) is 0. The number of ether oxygens (including phenoxy) is 1. The van der Waals surface area contributed by atoms with E-state index in [0.717, 1.165) is 25.0 Å². The summed E-state index contributed by atoms with van der Waals surface area (Å²) in [5.41, 5.74) is 6.13. The molecule has 2 N–H and O–H groups in total. The van der Waals surface area contributed by atoms with E-state index in [0.29, 0.717) is 6.04 Å². The summed E-state index contributed by atoms with van der Waals surface area (Å²) in [6.07, 6.45) is 9.56. The fourth-order valence-corrected chi connectivity index (χ4v) is 2.35. The Labute approximate surface area is 87.2 Å². The third-order valence-electron chi connectivity index (χ3n) is 3.62. The molecule has 1 atom stereocenters. The Morgan fingerprint density at radius 1 is 1.07 bits per heavy atom. The predicted octanol–water partition coefficient (Wildman–Crippen LogP) is 2.32. The van der Waals surface area contributed by atoms with Gasteiger partial charge >= 0.3 is 0 Å². The Morgan fingerprint density at radius 2 is 1.79 bits per heavy atom. The molecule has 0 aromatic rings. The van der Waals surface area contributed by atoms with E-state index >= 15 is 0 Å². The van der Waals surface area contributed by atoms with Crippen molar-refractivity contribution in [3.05, 3.63) is 0 Å². The van der Waals surface area contributed by atoms with Gasteiger partial charge in [0, 0.05) is 12.6 Å². The second kappa shape index (κ2) is 5.13. The van der Waals surface area contributed by atoms with E-state index in [1.807, 2.05) is 0 Å². The highest BCUT2D eigenvalue weighted by Gasteiger charge is 2.23. The van der Waals surface area contributed by atoms with Crippen LogP contribution in [0.1, 0.15) is 44.9 Å². The number of rotatable bonds is 5. The van der Waals surface area contributed by atoms with Gasteiger partial charge in [-0.25, -0.2) is 0 Å². The summed E-state index contributed by atoms with van der Waals surface area (Å²) < 4.78 is 5.65. The molecule has 0 aliphatic heterocycles. The highest BCUT2D eigenvalue weighted by Crippen LogP contribution is 2.29. The SMILES string of the molecule is NC(COCC1CC1)C1CCCCC1. The molecule has 0 spiro atoms. The molecule has 2 heteroatoms. The molecule has 14 heavy (non-hydrogen) atoms. The van der Waals surface area contributed by atoms with Crippen LogP contribution in [0.3, 0.4) is 0 Å². The smallest absolute Gasteiger partial charge is 0.0620 e. The molecule has 2 aliphatic carbocycles. The Kier molecular flexibility index (Phi) is 3.82. The zero-order valence-corrected chi connectivity index (χ0v) is 9.08. The standard InChI is InChI=1S/C12H23NO/c13-12(9-14-8-10-6-7-10)11-4-2-1-3-5-11/h10-12H,1-9,13H2. The van der Waals surface area contributed by atoms with Crippen molar-refractivity contribution >= 4 is 0 Å². The van der Waals surface area contributed by atoms with Crippen molar-refractivity contribution in [1.82, 2.24) is 0 Å². The molecule has 0 heterocycles. The normalized spacial score (nSPS) is 26.4. The van der Waals surface area contributed by atoms with Gasteiger partial charge in [0.15, 0.2) is 0 Å². The minimum atomic E-state index is 0.300. The van der Waals surface area contributed by atoms with Crippen molar-refractivity contribution in [3.63, 3.8) is 0 Å². The van der Waals surface area contributed by atoms with Crippen molar-refractivity contribution in [1.29, 1.82) is 0 Å². The first kappa shape index (κ1) is 10.4. The first-order valence-electron chi connectivity index (χ1n) is 6.19. The Hall–Kier alpha value is -0.0800. The minimum absolute atomic E-state index is 0.300. The number of hydrogen-bond donors (Lipinski definition) is 1. The Bertz CT molecular complexity index is 162. The lowest BCUT2D eigenvalue weighted by atomic mass is 9.84. The van der Waals surface area contributed by atoms with E-state index < -0.39 is 0 Å². The van der Waals surface area contributed by atoms with Crippen LogP contribution in [0.5, 0.6) is 0 Å². The summed E-state index contributed by atoms with van der Waals surface area (Å²) in [6, 6.07) is 0.300. The molecule has 0 aromatic carbocycles. The molecule has 2 rings (SSSR count). The van der Waals surface area contributed by atoms with Crippen molar-refractivity contribution in [3.8, 4) is 0 Å². The summed E-state index contributed by atoms with van der Waals surface area (Å²) in [5, 5.41) is 0. The van der Waals surface area contributed by atoms with Crippen LogP contribution in [-0.4, -0.2) is 19.3 Å². The highest BCUT2D eigenvalue weighted by molar-refractivity contribution is 4.77. The molecule has 2 saturated carbocycles. The van der Waals surface area contributed by atoms with Gasteiger partial charge in [-0.1, -0.05) is 19.3 Å². The van der Waals surface area contributed by atoms with Crippen LogP contribution in [0.2, 0.25) is 0 Å². The fraction of sp³-hybridized carbons (Fsp3) is 1.00. The summed E-state index contributed by atoms with van der Waals surface area (Å²) in [7, 11) is 0. The molecule has 0 aromatic heterocycles. The number of nitrogens with two attached hydrogens (primary N) is 1. The van der Waals surface area contributed by atoms with Gasteiger partial charge in [-0.2, -0.15) is 0 Å². The van der Waals surface area contributed by atoms with Gasteiger partial charge < -0.3 is 10.5 Å². The minimum Gasteiger partial charge on any atom is -0.380 e. The maximum atomic E-state index is 6.13. The van der Waals surface area contributed by atoms with E-state index in [1.165, 1.54) is 44.9 Å². The lowest BCUT2D eigenvalue weighted by Crippen LogP contribution is -2.36. The Morgan fingerprint density at radius 3 is 2.43 bits per heavy atom. The molecule has 0 amide bonds. The van der Waals surface area contributed by atoms with Crippen LogP contribution in [0, 0.1) is 11.8 Å². The highest BCUT2D eigenvalue weighted by atomic mass is 16.5. The summed E-state index contributed by atoms with van der Waals surface area (Å²) >= 11 is 0. The molecule has 2 nitrogen and oxygen atoms in total. The van der Waals surface area contributed by atoms with E-state index in [1.54, 1.807) is 0 Å². The molecule has 0 saturated heterocycles. The van der Waals surface area contributed by atoms with Crippen LogP contribution >= 0.6 is 0 Å². The van der Waals surface area contributed by atoms with Crippen LogP contribution in [0.15, 0.2) is 0 Å².